The molecule has 16 heavy (non-hydrogen) atoms. The molecule has 0 radical (unpaired) electrons. The van der Waals surface area contributed by atoms with Crippen LogP contribution in [0.4, 0.5) is 5.95 Å². The first-order chi connectivity index (χ1) is 7.76. The lowest BCUT2D eigenvalue weighted by atomic mass is 10.3. The molecule has 1 aromatic rings. The molecule has 0 saturated heterocycles. The highest BCUT2D eigenvalue weighted by Crippen LogP contribution is 2.07. The molecule has 0 fully saturated rings. The van der Waals surface area contributed by atoms with E-state index in [4.69, 9.17) is 9.47 Å². The molecule has 0 amide bonds. The average Bonchev–Trinajstić information content (AvgIpc) is 2.30. The standard InChI is InChI=1S/C10H17N3O3/c1-15-7-8(14)3-5-11-10-12-6-4-9(13-10)16-2/h4,6,8,14H,3,5,7H2,1-2H3,(H,11,12,13). The van der Waals surface area contributed by atoms with Crippen molar-refractivity contribution in [1.29, 1.82) is 0 Å². The van der Waals surface area contributed by atoms with E-state index < -0.39 is 6.10 Å². The number of nitrogens with zero attached hydrogens (tertiary/aromatic N) is 2. The van der Waals surface area contributed by atoms with E-state index in [0.29, 0.717) is 31.4 Å². The van der Waals surface area contributed by atoms with Gasteiger partial charge >= 0.3 is 0 Å². The van der Waals surface area contributed by atoms with E-state index in [1.807, 2.05) is 0 Å². The van der Waals surface area contributed by atoms with Gasteiger partial charge in [-0.25, -0.2) is 4.98 Å². The van der Waals surface area contributed by atoms with Crippen molar-refractivity contribution < 1.29 is 14.6 Å². The molecule has 0 aliphatic rings. The van der Waals surface area contributed by atoms with Gasteiger partial charge in [-0.3, -0.25) is 0 Å². The van der Waals surface area contributed by atoms with Crippen LogP contribution in [-0.4, -0.2) is 48.5 Å². The second-order valence-electron chi connectivity index (χ2n) is 3.25. The number of anilines is 1. The van der Waals surface area contributed by atoms with Crippen molar-refractivity contribution >= 4 is 5.95 Å². The van der Waals surface area contributed by atoms with Gasteiger partial charge in [-0.2, -0.15) is 4.98 Å². The SMILES string of the molecule is COCC(O)CCNc1nccc(OC)n1. The Kier molecular flexibility index (Phi) is 5.52. The lowest BCUT2D eigenvalue weighted by molar-refractivity contribution is 0.0615. The summed E-state index contributed by atoms with van der Waals surface area (Å²) in [6.45, 7) is 0.915. The van der Waals surface area contributed by atoms with Crippen molar-refractivity contribution in [1.82, 2.24) is 9.97 Å². The van der Waals surface area contributed by atoms with Gasteiger partial charge in [0.25, 0.3) is 0 Å². The van der Waals surface area contributed by atoms with Crippen LogP contribution in [0.1, 0.15) is 6.42 Å². The first-order valence-corrected chi connectivity index (χ1v) is 5.04. The molecule has 90 valence electrons. The Morgan fingerprint density at radius 2 is 2.31 bits per heavy atom. The molecule has 0 saturated carbocycles. The molecule has 1 unspecified atom stereocenters. The summed E-state index contributed by atoms with van der Waals surface area (Å²) in [5.41, 5.74) is 0. The Balaban J connectivity index is 2.31. The molecule has 6 nitrogen and oxygen atoms in total. The monoisotopic (exact) mass is 227 g/mol. The second-order valence-corrected chi connectivity index (χ2v) is 3.25. The first kappa shape index (κ1) is 12.7. The van der Waals surface area contributed by atoms with E-state index in [2.05, 4.69) is 15.3 Å². The summed E-state index contributed by atoms with van der Waals surface area (Å²) in [5, 5.41) is 12.4. The summed E-state index contributed by atoms with van der Waals surface area (Å²) in [6, 6.07) is 1.67. The number of aliphatic hydroxyl groups excluding tert-OH is 1. The zero-order chi connectivity index (χ0) is 11.8. The maximum absolute atomic E-state index is 9.40. The van der Waals surface area contributed by atoms with E-state index in [1.54, 1.807) is 26.5 Å². The fraction of sp³-hybridized carbons (Fsp3) is 0.600. The Hall–Kier alpha value is -1.40. The maximum Gasteiger partial charge on any atom is 0.225 e. The van der Waals surface area contributed by atoms with E-state index in [0.717, 1.165) is 0 Å². The normalized spacial score (nSPS) is 12.2. The Morgan fingerprint density at radius 3 is 3.00 bits per heavy atom. The van der Waals surface area contributed by atoms with Gasteiger partial charge < -0.3 is 19.9 Å². The summed E-state index contributed by atoms with van der Waals surface area (Å²) >= 11 is 0. The quantitative estimate of drug-likeness (QED) is 0.697. The molecule has 0 aliphatic carbocycles. The lowest BCUT2D eigenvalue weighted by Gasteiger charge is -2.10. The van der Waals surface area contributed by atoms with Crippen LogP contribution in [-0.2, 0) is 4.74 Å². The van der Waals surface area contributed by atoms with Crippen LogP contribution >= 0.6 is 0 Å². The van der Waals surface area contributed by atoms with Crippen molar-refractivity contribution in [2.75, 3.05) is 32.7 Å². The third-order valence-electron chi connectivity index (χ3n) is 1.96. The van der Waals surface area contributed by atoms with E-state index in [9.17, 15) is 5.11 Å². The molecule has 2 N–H and O–H groups in total. The van der Waals surface area contributed by atoms with Crippen molar-refractivity contribution in [3.05, 3.63) is 12.3 Å². The van der Waals surface area contributed by atoms with Crippen LogP contribution in [0.2, 0.25) is 0 Å². The molecule has 0 spiro atoms. The van der Waals surface area contributed by atoms with Crippen molar-refractivity contribution in [3.63, 3.8) is 0 Å². The van der Waals surface area contributed by atoms with Crippen LogP contribution in [0.5, 0.6) is 5.88 Å². The fourth-order valence-electron chi connectivity index (χ4n) is 1.17. The van der Waals surface area contributed by atoms with Crippen molar-refractivity contribution in [2.45, 2.75) is 12.5 Å². The van der Waals surface area contributed by atoms with Crippen LogP contribution in [0.25, 0.3) is 0 Å². The minimum atomic E-state index is -0.469. The number of ether oxygens (including phenoxy) is 2. The number of rotatable bonds is 7. The van der Waals surface area contributed by atoms with Gasteiger partial charge in [-0.1, -0.05) is 0 Å². The third kappa shape index (κ3) is 4.41. The summed E-state index contributed by atoms with van der Waals surface area (Å²) in [6.07, 6.45) is 1.72. The number of aliphatic hydroxyl groups is 1. The highest BCUT2D eigenvalue weighted by Gasteiger charge is 2.03. The van der Waals surface area contributed by atoms with Gasteiger partial charge in [-0.05, 0) is 6.42 Å². The fourth-order valence-corrected chi connectivity index (χ4v) is 1.17. The molecule has 1 atom stereocenters. The minimum Gasteiger partial charge on any atom is -0.481 e. The summed E-state index contributed by atoms with van der Waals surface area (Å²) in [5.74, 6) is 0.999. The van der Waals surface area contributed by atoms with Crippen LogP contribution < -0.4 is 10.1 Å². The van der Waals surface area contributed by atoms with Gasteiger partial charge in [-0.15, -0.1) is 0 Å². The van der Waals surface area contributed by atoms with Gasteiger partial charge in [0.15, 0.2) is 0 Å². The molecule has 1 rings (SSSR count). The van der Waals surface area contributed by atoms with E-state index >= 15 is 0 Å². The molecular weight excluding hydrogens is 210 g/mol. The maximum atomic E-state index is 9.40. The summed E-state index contributed by atoms with van der Waals surface area (Å²) < 4.78 is 9.77. The van der Waals surface area contributed by atoms with Gasteiger partial charge in [0.05, 0.1) is 19.8 Å². The second kappa shape index (κ2) is 6.97. The Morgan fingerprint density at radius 1 is 1.50 bits per heavy atom. The zero-order valence-corrected chi connectivity index (χ0v) is 9.51. The predicted molar refractivity (Wildman–Crippen MR) is 59.6 cm³/mol. The molecule has 1 aromatic heterocycles. The highest BCUT2D eigenvalue weighted by atomic mass is 16.5. The van der Waals surface area contributed by atoms with E-state index in [-0.39, 0.29) is 0 Å². The van der Waals surface area contributed by atoms with Gasteiger partial charge in [0, 0.05) is 25.9 Å². The molecule has 1 heterocycles. The van der Waals surface area contributed by atoms with Crippen molar-refractivity contribution in [2.24, 2.45) is 0 Å². The molecular formula is C10H17N3O3. The smallest absolute Gasteiger partial charge is 0.225 e. The predicted octanol–water partition coefficient (Wildman–Crippen LogP) is 0.294. The Labute approximate surface area is 94.6 Å². The Bertz CT molecular complexity index is 309. The molecule has 6 heteroatoms. The number of methoxy groups -OCH3 is 2. The first-order valence-electron chi connectivity index (χ1n) is 5.04. The van der Waals surface area contributed by atoms with Crippen molar-refractivity contribution in [3.8, 4) is 5.88 Å². The molecule has 0 aromatic carbocycles. The van der Waals surface area contributed by atoms with Crippen LogP contribution in [0, 0.1) is 0 Å². The number of hydrogen-bond donors (Lipinski definition) is 2. The van der Waals surface area contributed by atoms with Crippen LogP contribution in [0.15, 0.2) is 12.3 Å². The highest BCUT2D eigenvalue weighted by molar-refractivity contribution is 5.27. The largest absolute Gasteiger partial charge is 0.481 e. The third-order valence-corrected chi connectivity index (χ3v) is 1.96. The molecule has 0 bridgehead atoms. The topological polar surface area (TPSA) is 76.5 Å². The number of nitrogens with one attached hydrogen (secondary N) is 1. The zero-order valence-electron chi connectivity index (χ0n) is 9.51. The summed E-state index contributed by atoms with van der Waals surface area (Å²) in [7, 11) is 3.11. The van der Waals surface area contributed by atoms with Crippen LogP contribution in [0.3, 0.4) is 0 Å². The van der Waals surface area contributed by atoms with E-state index in [1.165, 1.54) is 0 Å². The van der Waals surface area contributed by atoms with Gasteiger partial charge in [0.1, 0.15) is 0 Å². The average molecular weight is 227 g/mol. The number of aromatic nitrogens is 2. The number of hydrogen-bond acceptors (Lipinski definition) is 6. The molecule has 0 aliphatic heterocycles. The lowest BCUT2D eigenvalue weighted by Crippen LogP contribution is -2.19. The summed E-state index contributed by atoms with van der Waals surface area (Å²) in [4.78, 5) is 8.09. The minimum absolute atomic E-state index is 0.334. The van der Waals surface area contributed by atoms with Gasteiger partial charge in [0.2, 0.25) is 11.8 Å².